The number of ether oxygens (including phenoxy) is 4. The van der Waals surface area contributed by atoms with Gasteiger partial charge in [-0.05, 0) is 19.1 Å². The number of esters is 1. The largest absolute Gasteiger partial charge is 0.456 e. The quantitative estimate of drug-likeness (QED) is 0.775. The summed E-state index contributed by atoms with van der Waals surface area (Å²) in [5.41, 5.74) is -0.349. The van der Waals surface area contributed by atoms with Gasteiger partial charge in [0.05, 0.1) is 6.10 Å². The molecule has 0 amide bonds. The molecule has 5 nitrogen and oxygen atoms in total. The summed E-state index contributed by atoms with van der Waals surface area (Å²) in [6, 6.07) is 9.86. The lowest BCUT2D eigenvalue weighted by Crippen LogP contribution is -2.58. The van der Waals surface area contributed by atoms with Crippen molar-refractivity contribution in [1.82, 2.24) is 0 Å². The first-order valence-electron chi connectivity index (χ1n) is 7.16. The highest BCUT2D eigenvalue weighted by molar-refractivity contribution is 7.99. The van der Waals surface area contributed by atoms with Crippen molar-refractivity contribution < 1.29 is 23.7 Å². The van der Waals surface area contributed by atoms with Crippen LogP contribution in [0.2, 0.25) is 0 Å². The highest BCUT2D eigenvalue weighted by Gasteiger charge is 2.47. The maximum absolute atomic E-state index is 11.5. The summed E-state index contributed by atoms with van der Waals surface area (Å²) in [4.78, 5) is 12.5. The molecular weight excluding hydrogens is 304 g/mol. The van der Waals surface area contributed by atoms with E-state index in [0.717, 1.165) is 4.90 Å². The average Bonchev–Trinajstić information content (AvgIpc) is 2.50. The Balaban J connectivity index is 2.22. The molecule has 1 aromatic rings. The van der Waals surface area contributed by atoms with Gasteiger partial charge in [-0.3, -0.25) is 4.79 Å². The van der Waals surface area contributed by atoms with Gasteiger partial charge in [-0.1, -0.05) is 30.0 Å². The van der Waals surface area contributed by atoms with Gasteiger partial charge in [-0.15, -0.1) is 0 Å². The van der Waals surface area contributed by atoms with Crippen molar-refractivity contribution in [2.24, 2.45) is 0 Å². The number of benzene rings is 1. The summed E-state index contributed by atoms with van der Waals surface area (Å²) in [7, 11) is 3.20. The molecule has 1 aliphatic heterocycles. The molecule has 0 spiro atoms. The third-order valence-corrected chi connectivity index (χ3v) is 4.73. The molecule has 5 atom stereocenters. The molecule has 0 radical (unpaired) electrons. The molecule has 2 rings (SSSR count). The molecule has 1 saturated heterocycles. The lowest BCUT2D eigenvalue weighted by atomic mass is 10.0. The number of carbonyl (C=O) groups is 1. The van der Waals surface area contributed by atoms with Crippen LogP contribution in [0.3, 0.4) is 0 Å². The van der Waals surface area contributed by atoms with Crippen molar-refractivity contribution in [2.45, 2.75) is 48.6 Å². The monoisotopic (exact) mass is 326 g/mol. The van der Waals surface area contributed by atoms with E-state index in [-0.39, 0.29) is 29.7 Å². The van der Waals surface area contributed by atoms with Gasteiger partial charge in [0, 0.05) is 26.0 Å². The first kappa shape index (κ1) is 17.3. The van der Waals surface area contributed by atoms with Crippen LogP contribution in [0.4, 0.5) is 0 Å². The number of hydrogen-bond acceptors (Lipinski definition) is 6. The zero-order valence-corrected chi connectivity index (χ0v) is 14.0. The molecule has 1 heterocycles. The fourth-order valence-electron chi connectivity index (χ4n) is 2.61. The van der Waals surface area contributed by atoms with Gasteiger partial charge in [0.1, 0.15) is 17.6 Å². The number of hydrogen-bond donors (Lipinski definition) is 0. The molecule has 122 valence electrons. The lowest BCUT2D eigenvalue weighted by Gasteiger charge is -2.43. The van der Waals surface area contributed by atoms with Crippen molar-refractivity contribution >= 4 is 17.7 Å². The minimum Gasteiger partial charge on any atom is -0.456 e. The Kier molecular flexibility index (Phi) is 6.26. The predicted octanol–water partition coefficient (Wildman–Crippen LogP) is 2.49. The number of methoxy groups -OCH3 is 2. The molecule has 1 aliphatic rings. The molecule has 0 aromatic heterocycles. The van der Waals surface area contributed by atoms with E-state index in [0.29, 0.717) is 0 Å². The van der Waals surface area contributed by atoms with Gasteiger partial charge >= 0.3 is 5.97 Å². The van der Waals surface area contributed by atoms with E-state index in [2.05, 4.69) is 0 Å². The minimum absolute atomic E-state index is 0.164. The van der Waals surface area contributed by atoms with Crippen molar-refractivity contribution in [1.29, 1.82) is 0 Å². The van der Waals surface area contributed by atoms with Gasteiger partial charge in [-0.2, -0.15) is 0 Å². The Labute approximate surface area is 135 Å². The summed E-state index contributed by atoms with van der Waals surface area (Å²) in [6.07, 6.45) is -1.36. The Hall–Kier alpha value is -1.08. The van der Waals surface area contributed by atoms with E-state index in [1.165, 1.54) is 18.7 Å². The summed E-state index contributed by atoms with van der Waals surface area (Å²) < 4.78 is 22.5. The molecular formula is C16H22O5S. The zero-order valence-electron chi connectivity index (χ0n) is 13.2. The fraction of sp³-hybridized carbons (Fsp3) is 0.562. The lowest BCUT2D eigenvalue weighted by molar-refractivity contribution is -0.221. The summed E-state index contributed by atoms with van der Waals surface area (Å²) in [6.45, 7) is 3.32. The molecule has 6 heteroatoms. The van der Waals surface area contributed by atoms with E-state index >= 15 is 0 Å². The Morgan fingerprint density at radius 2 is 1.73 bits per heavy atom. The normalized spacial score (nSPS) is 31.7. The highest BCUT2D eigenvalue weighted by Crippen LogP contribution is 2.36. The predicted molar refractivity (Wildman–Crippen MR) is 83.8 cm³/mol. The maximum atomic E-state index is 11.5. The van der Waals surface area contributed by atoms with Crippen LogP contribution >= 0.6 is 11.8 Å². The molecule has 22 heavy (non-hydrogen) atoms. The Bertz CT molecular complexity index is 481. The van der Waals surface area contributed by atoms with Crippen LogP contribution in [0.5, 0.6) is 0 Å². The molecule has 0 bridgehead atoms. The van der Waals surface area contributed by atoms with E-state index in [1.54, 1.807) is 14.2 Å². The second kappa shape index (κ2) is 7.97. The van der Waals surface area contributed by atoms with Crippen LogP contribution in [-0.2, 0) is 23.7 Å². The Morgan fingerprint density at radius 3 is 2.27 bits per heavy atom. The van der Waals surface area contributed by atoms with Crippen LogP contribution in [0.25, 0.3) is 0 Å². The van der Waals surface area contributed by atoms with E-state index in [9.17, 15) is 4.79 Å². The zero-order chi connectivity index (χ0) is 16.1. The molecule has 1 aromatic carbocycles. The van der Waals surface area contributed by atoms with Crippen LogP contribution in [0.1, 0.15) is 13.8 Å². The fourth-order valence-corrected chi connectivity index (χ4v) is 3.77. The second-order valence-corrected chi connectivity index (χ2v) is 6.29. The van der Waals surface area contributed by atoms with E-state index in [1.807, 2.05) is 37.3 Å². The van der Waals surface area contributed by atoms with Crippen LogP contribution in [0, 0.1) is 0 Å². The average molecular weight is 326 g/mol. The highest BCUT2D eigenvalue weighted by atomic mass is 32.2. The van der Waals surface area contributed by atoms with Crippen molar-refractivity contribution in [3.05, 3.63) is 30.3 Å². The summed E-state index contributed by atoms with van der Waals surface area (Å²) in [5, 5.41) is 0. The van der Waals surface area contributed by atoms with Crippen molar-refractivity contribution in [3.8, 4) is 0 Å². The minimum atomic E-state index is -0.533. The third-order valence-electron chi connectivity index (χ3n) is 3.57. The standard InChI is InChI=1S/C16H22O5S/c1-10-13(18-3)14(19-4)15(21-11(2)17)16(20-10)22-12-8-6-5-7-9-12/h5-10,13-16H,1-4H3/t10-,13-,14+,15+,16+/m0/s1. The molecule has 0 unspecified atom stereocenters. The molecule has 1 fully saturated rings. The molecule has 0 aliphatic carbocycles. The smallest absolute Gasteiger partial charge is 0.303 e. The summed E-state index contributed by atoms with van der Waals surface area (Å²) in [5.74, 6) is -0.362. The topological polar surface area (TPSA) is 54.0 Å². The molecule has 0 saturated carbocycles. The first-order chi connectivity index (χ1) is 10.6. The summed E-state index contributed by atoms with van der Waals surface area (Å²) >= 11 is 1.52. The molecule has 0 N–H and O–H groups in total. The second-order valence-electron chi connectivity index (χ2n) is 5.12. The third kappa shape index (κ3) is 4.01. The Morgan fingerprint density at radius 1 is 1.09 bits per heavy atom. The van der Waals surface area contributed by atoms with Crippen LogP contribution in [-0.4, -0.2) is 50.0 Å². The van der Waals surface area contributed by atoms with E-state index in [4.69, 9.17) is 18.9 Å². The van der Waals surface area contributed by atoms with Gasteiger partial charge in [0.2, 0.25) is 0 Å². The maximum Gasteiger partial charge on any atom is 0.303 e. The first-order valence-corrected chi connectivity index (χ1v) is 8.04. The van der Waals surface area contributed by atoms with Gasteiger partial charge in [-0.25, -0.2) is 0 Å². The van der Waals surface area contributed by atoms with Crippen LogP contribution < -0.4 is 0 Å². The van der Waals surface area contributed by atoms with Crippen molar-refractivity contribution in [2.75, 3.05) is 14.2 Å². The SMILES string of the molecule is CO[C@@H]1[C@@H](OC)[C@H](C)O[C@H](Sc2ccccc2)[C@@H]1OC(C)=O. The number of rotatable bonds is 5. The van der Waals surface area contributed by atoms with Crippen LogP contribution in [0.15, 0.2) is 35.2 Å². The number of carbonyl (C=O) groups excluding carboxylic acids is 1. The van der Waals surface area contributed by atoms with Gasteiger partial charge in [0.25, 0.3) is 0 Å². The number of thioether (sulfide) groups is 1. The van der Waals surface area contributed by atoms with E-state index < -0.39 is 6.10 Å². The van der Waals surface area contributed by atoms with Gasteiger partial charge in [0.15, 0.2) is 6.10 Å². The van der Waals surface area contributed by atoms with Gasteiger partial charge < -0.3 is 18.9 Å². The van der Waals surface area contributed by atoms with Crippen molar-refractivity contribution in [3.63, 3.8) is 0 Å².